The predicted octanol–water partition coefficient (Wildman–Crippen LogP) is 1.24. The minimum absolute atomic E-state index is 0.105. The van der Waals surface area contributed by atoms with Crippen LogP contribution in [0.1, 0.15) is 23.2 Å². The maximum Gasteiger partial charge on any atom is 0.263 e. The summed E-state index contributed by atoms with van der Waals surface area (Å²) in [4.78, 5) is 30.7. The number of nitrogens with one attached hydrogen (secondary N) is 1. The van der Waals surface area contributed by atoms with Crippen LogP contribution in [0.15, 0.2) is 34.7 Å². The Bertz CT molecular complexity index is 703. The van der Waals surface area contributed by atoms with Crippen molar-refractivity contribution in [2.45, 2.75) is 18.9 Å². The number of pyridine rings is 1. The summed E-state index contributed by atoms with van der Waals surface area (Å²) in [6.45, 7) is 1.73. The number of hydrogen-bond donors (Lipinski definition) is 1. The molecule has 22 heavy (non-hydrogen) atoms. The molecule has 7 heteroatoms. The van der Waals surface area contributed by atoms with Gasteiger partial charge >= 0.3 is 0 Å². The molecule has 0 aliphatic carbocycles. The van der Waals surface area contributed by atoms with Gasteiger partial charge in [-0.15, -0.1) is 11.3 Å². The molecule has 1 aliphatic heterocycles. The summed E-state index contributed by atoms with van der Waals surface area (Å²) in [7, 11) is 1.64. The van der Waals surface area contributed by atoms with Crippen LogP contribution in [0.2, 0.25) is 0 Å². The van der Waals surface area contributed by atoms with Gasteiger partial charge in [0.15, 0.2) is 5.13 Å². The Morgan fingerprint density at radius 2 is 2.18 bits per heavy atom. The number of anilines is 1. The fraction of sp³-hybridized carbons (Fsp3) is 0.400. The third kappa shape index (κ3) is 3.04. The van der Waals surface area contributed by atoms with Crippen molar-refractivity contribution in [1.29, 1.82) is 0 Å². The van der Waals surface area contributed by atoms with E-state index in [0.717, 1.165) is 31.1 Å². The molecule has 2 aromatic rings. The molecule has 3 rings (SSSR count). The second kappa shape index (κ2) is 6.31. The molecule has 1 amide bonds. The minimum Gasteiger partial charge on any atom is -0.349 e. The molecule has 1 saturated heterocycles. The van der Waals surface area contributed by atoms with Crippen molar-refractivity contribution in [3.8, 4) is 0 Å². The largest absolute Gasteiger partial charge is 0.349 e. The molecular weight excluding hydrogens is 300 g/mol. The second-order valence-electron chi connectivity index (χ2n) is 5.39. The summed E-state index contributed by atoms with van der Waals surface area (Å²) in [6.07, 6.45) is 5.17. The lowest BCUT2D eigenvalue weighted by Gasteiger charge is -2.32. The van der Waals surface area contributed by atoms with E-state index in [1.165, 1.54) is 4.57 Å². The lowest BCUT2D eigenvalue weighted by Crippen LogP contribution is -2.45. The van der Waals surface area contributed by atoms with Crippen LogP contribution in [-0.4, -0.2) is 34.6 Å². The Balaban J connectivity index is 1.60. The molecule has 0 atom stereocenters. The van der Waals surface area contributed by atoms with Gasteiger partial charge in [-0.25, -0.2) is 4.98 Å². The van der Waals surface area contributed by atoms with Gasteiger partial charge in [-0.1, -0.05) is 0 Å². The lowest BCUT2D eigenvalue weighted by molar-refractivity contribution is 0.0929. The highest BCUT2D eigenvalue weighted by Crippen LogP contribution is 2.21. The summed E-state index contributed by atoms with van der Waals surface area (Å²) in [5.41, 5.74) is -0.0624. The van der Waals surface area contributed by atoms with E-state index >= 15 is 0 Å². The van der Waals surface area contributed by atoms with Gasteiger partial charge in [0.25, 0.3) is 11.5 Å². The average molecular weight is 318 g/mol. The molecule has 1 N–H and O–H groups in total. The van der Waals surface area contributed by atoms with Crippen molar-refractivity contribution in [2.24, 2.45) is 7.05 Å². The van der Waals surface area contributed by atoms with E-state index in [2.05, 4.69) is 15.2 Å². The Morgan fingerprint density at radius 3 is 2.86 bits per heavy atom. The van der Waals surface area contributed by atoms with Crippen molar-refractivity contribution in [2.75, 3.05) is 18.0 Å². The standard InChI is InChI=1S/C15H18N4O2S/c1-18-7-2-3-12(14(18)21)13(20)17-11-4-8-19(9-5-11)15-16-6-10-22-15/h2-3,6-7,10-11H,4-5,8-9H2,1H3,(H,17,20). The summed E-state index contributed by atoms with van der Waals surface area (Å²) in [5.74, 6) is -0.283. The number of nitrogens with zero attached hydrogens (tertiary/aromatic N) is 3. The highest BCUT2D eigenvalue weighted by atomic mass is 32.1. The molecule has 2 aromatic heterocycles. The first-order valence-electron chi connectivity index (χ1n) is 7.26. The van der Waals surface area contributed by atoms with Gasteiger partial charge in [-0.2, -0.15) is 0 Å². The molecular formula is C15H18N4O2S. The van der Waals surface area contributed by atoms with E-state index in [0.29, 0.717) is 0 Å². The quantitative estimate of drug-likeness (QED) is 0.924. The number of rotatable bonds is 3. The number of amides is 1. The molecule has 0 aromatic carbocycles. The number of thiazole rings is 1. The Kier molecular flexibility index (Phi) is 4.24. The fourth-order valence-corrected chi connectivity index (χ4v) is 3.32. The third-order valence-corrected chi connectivity index (χ3v) is 4.72. The molecule has 0 radical (unpaired) electrons. The smallest absolute Gasteiger partial charge is 0.263 e. The van der Waals surface area contributed by atoms with Crippen LogP contribution in [0.5, 0.6) is 0 Å². The molecule has 1 fully saturated rings. The summed E-state index contributed by atoms with van der Waals surface area (Å²) in [5, 5.41) is 5.97. The Morgan fingerprint density at radius 1 is 1.41 bits per heavy atom. The molecule has 0 unspecified atom stereocenters. The fourth-order valence-electron chi connectivity index (χ4n) is 2.62. The van der Waals surface area contributed by atoms with E-state index in [1.807, 2.05) is 5.38 Å². The maximum absolute atomic E-state index is 12.2. The average Bonchev–Trinajstić information content (AvgIpc) is 3.05. The number of aryl methyl sites for hydroxylation is 1. The molecule has 3 heterocycles. The first kappa shape index (κ1) is 14.8. The summed E-state index contributed by atoms with van der Waals surface area (Å²) in [6, 6.07) is 3.39. The van der Waals surface area contributed by atoms with E-state index in [9.17, 15) is 9.59 Å². The molecule has 0 bridgehead atoms. The van der Waals surface area contributed by atoms with Crippen LogP contribution < -0.4 is 15.8 Å². The number of hydrogen-bond acceptors (Lipinski definition) is 5. The first-order chi connectivity index (χ1) is 10.6. The van der Waals surface area contributed by atoms with Crippen molar-refractivity contribution in [1.82, 2.24) is 14.9 Å². The van der Waals surface area contributed by atoms with Crippen LogP contribution >= 0.6 is 11.3 Å². The summed E-state index contributed by atoms with van der Waals surface area (Å²) >= 11 is 1.63. The molecule has 1 aliphatic rings. The van der Waals surface area contributed by atoms with Crippen molar-refractivity contribution >= 4 is 22.4 Å². The third-order valence-electron chi connectivity index (χ3n) is 3.89. The van der Waals surface area contributed by atoms with E-state index in [4.69, 9.17) is 0 Å². The minimum atomic E-state index is -0.283. The highest BCUT2D eigenvalue weighted by molar-refractivity contribution is 7.13. The van der Waals surface area contributed by atoms with Crippen LogP contribution in [0.25, 0.3) is 0 Å². The Labute approximate surface area is 132 Å². The van der Waals surface area contributed by atoms with E-state index < -0.39 is 0 Å². The van der Waals surface area contributed by atoms with Crippen LogP contribution in [-0.2, 0) is 7.05 Å². The number of carbonyl (C=O) groups is 1. The second-order valence-corrected chi connectivity index (χ2v) is 6.26. The highest BCUT2D eigenvalue weighted by Gasteiger charge is 2.23. The zero-order valence-electron chi connectivity index (χ0n) is 12.4. The maximum atomic E-state index is 12.2. The molecule has 6 nitrogen and oxygen atoms in total. The number of piperidine rings is 1. The van der Waals surface area contributed by atoms with Gasteiger partial charge in [0.05, 0.1) is 0 Å². The lowest BCUT2D eigenvalue weighted by atomic mass is 10.0. The normalized spacial score (nSPS) is 15.8. The first-order valence-corrected chi connectivity index (χ1v) is 8.14. The van der Waals surface area contributed by atoms with E-state index in [1.54, 1.807) is 42.9 Å². The Hall–Kier alpha value is -2.15. The SMILES string of the molecule is Cn1cccc(C(=O)NC2CCN(c3nccs3)CC2)c1=O. The summed E-state index contributed by atoms with van der Waals surface area (Å²) < 4.78 is 1.42. The van der Waals surface area contributed by atoms with Gasteiger partial charge in [-0.05, 0) is 25.0 Å². The number of carbonyl (C=O) groups excluding carboxylic acids is 1. The van der Waals surface area contributed by atoms with Gasteiger partial charge in [0.2, 0.25) is 0 Å². The van der Waals surface area contributed by atoms with Gasteiger partial charge in [-0.3, -0.25) is 9.59 Å². The van der Waals surface area contributed by atoms with Crippen LogP contribution in [0, 0.1) is 0 Å². The van der Waals surface area contributed by atoms with Crippen LogP contribution in [0.4, 0.5) is 5.13 Å². The predicted molar refractivity (Wildman–Crippen MR) is 86.5 cm³/mol. The number of aromatic nitrogens is 2. The molecule has 116 valence electrons. The van der Waals surface area contributed by atoms with Gasteiger partial charge < -0.3 is 14.8 Å². The van der Waals surface area contributed by atoms with E-state index in [-0.39, 0.29) is 23.1 Å². The van der Waals surface area contributed by atoms with Crippen molar-refractivity contribution in [3.63, 3.8) is 0 Å². The van der Waals surface area contributed by atoms with Gasteiger partial charge in [0.1, 0.15) is 5.56 Å². The zero-order chi connectivity index (χ0) is 15.5. The van der Waals surface area contributed by atoms with Crippen molar-refractivity contribution in [3.05, 3.63) is 45.8 Å². The zero-order valence-corrected chi connectivity index (χ0v) is 13.2. The molecule has 0 saturated carbocycles. The monoisotopic (exact) mass is 318 g/mol. The van der Waals surface area contributed by atoms with Gasteiger partial charge in [0, 0.05) is 44.0 Å². The van der Waals surface area contributed by atoms with Crippen LogP contribution in [0.3, 0.4) is 0 Å². The van der Waals surface area contributed by atoms with Crippen molar-refractivity contribution < 1.29 is 4.79 Å². The molecule has 0 spiro atoms. The topological polar surface area (TPSA) is 67.2 Å².